The Hall–Kier alpha value is -3.57. The van der Waals surface area contributed by atoms with Gasteiger partial charge in [0.05, 0.1) is 31.5 Å². The largest absolute Gasteiger partial charge is 0.495 e. The van der Waals surface area contributed by atoms with Crippen molar-refractivity contribution in [1.29, 1.82) is 5.26 Å². The predicted octanol–water partition coefficient (Wildman–Crippen LogP) is 7.19. The van der Waals surface area contributed by atoms with E-state index in [-0.39, 0.29) is 12.2 Å². The van der Waals surface area contributed by atoms with Crippen molar-refractivity contribution in [3.63, 3.8) is 0 Å². The van der Waals surface area contributed by atoms with E-state index in [1.165, 1.54) is 32.4 Å². The normalized spacial score (nSPS) is 10.9. The third-order valence-corrected chi connectivity index (χ3v) is 5.95. The van der Waals surface area contributed by atoms with Gasteiger partial charge in [-0.2, -0.15) is 5.26 Å². The van der Waals surface area contributed by atoms with E-state index in [4.69, 9.17) is 53.8 Å². The first-order valence-electron chi connectivity index (χ1n) is 11.0. The lowest BCUT2D eigenvalue weighted by molar-refractivity contribution is -0.112. The number of nitriles is 1. The summed E-state index contributed by atoms with van der Waals surface area (Å²) in [7, 11) is 2.89. The van der Waals surface area contributed by atoms with Crippen molar-refractivity contribution in [1.82, 2.24) is 0 Å². The number of carbonyl (C=O) groups is 1. The zero-order chi connectivity index (χ0) is 26.9. The number of anilines is 1. The second-order valence-electron chi connectivity index (χ2n) is 7.47. The van der Waals surface area contributed by atoms with Crippen LogP contribution in [-0.2, 0) is 11.4 Å². The zero-order valence-corrected chi connectivity index (χ0v) is 22.5. The number of halogens is 3. The van der Waals surface area contributed by atoms with E-state index in [9.17, 15) is 10.1 Å². The van der Waals surface area contributed by atoms with Gasteiger partial charge in [-0.3, -0.25) is 4.79 Å². The van der Waals surface area contributed by atoms with E-state index in [1.807, 2.05) is 13.0 Å². The quantitative estimate of drug-likeness (QED) is 0.208. The fraction of sp³-hybridized carbons (Fsp3) is 0.185. The van der Waals surface area contributed by atoms with Crippen LogP contribution in [0.2, 0.25) is 15.1 Å². The number of nitrogens with zero attached hydrogens (tertiary/aromatic N) is 1. The summed E-state index contributed by atoms with van der Waals surface area (Å²) in [5.74, 6) is 0.949. The van der Waals surface area contributed by atoms with Crippen LogP contribution in [0.4, 0.5) is 5.69 Å². The molecular formula is C27H23Cl3N2O5. The van der Waals surface area contributed by atoms with Crippen LogP contribution in [0.25, 0.3) is 6.08 Å². The van der Waals surface area contributed by atoms with Crippen LogP contribution in [0.15, 0.2) is 54.1 Å². The molecule has 0 bridgehead atoms. The van der Waals surface area contributed by atoms with Gasteiger partial charge in [-0.05, 0) is 42.8 Å². The number of ether oxygens (including phenoxy) is 4. The highest BCUT2D eigenvalue weighted by Gasteiger charge is 2.16. The summed E-state index contributed by atoms with van der Waals surface area (Å²) in [6.07, 6.45) is 1.44. The first-order valence-corrected chi connectivity index (χ1v) is 12.1. The molecule has 0 atom stereocenters. The molecule has 0 saturated carbocycles. The molecule has 0 unspecified atom stereocenters. The van der Waals surface area contributed by atoms with Gasteiger partial charge in [0.25, 0.3) is 5.91 Å². The molecule has 0 aliphatic heterocycles. The number of rotatable bonds is 10. The van der Waals surface area contributed by atoms with E-state index in [0.717, 1.165) is 5.56 Å². The highest BCUT2D eigenvalue weighted by molar-refractivity contribution is 6.35. The topological polar surface area (TPSA) is 89.8 Å². The van der Waals surface area contributed by atoms with Gasteiger partial charge < -0.3 is 24.3 Å². The SMILES string of the molecule is CCOc1cc(/C=C(\C#N)C(=O)Nc2cc(OC)c(Cl)cc2OC)ccc1OCc1ccc(Cl)cc1Cl. The van der Waals surface area contributed by atoms with Crippen molar-refractivity contribution in [2.45, 2.75) is 13.5 Å². The molecule has 3 aromatic carbocycles. The summed E-state index contributed by atoms with van der Waals surface area (Å²) < 4.78 is 22.1. The molecule has 0 aromatic heterocycles. The molecule has 192 valence electrons. The number of hydrogen-bond acceptors (Lipinski definition) is 6. The van der Waals surface area contributed by atoms with Crippen molar-refractivity contribution in [2.75, 3.05) is 26.1 Å². The lowest BCUT2D eigenvalue weighted by atomic mass is 10.1. The van der Waals surface area contributed by atoms with Gasteiger partial charge in [-0.1, -0.05) is 46.9 Å². The van der Waals surface area contributed by atoms with Gasteiger partial charge in [-0.15, -0.1) is 0 Å². The summed E-state index contributed by atoms with van der Waals surface area (Å²) in [5.41, 5.74) is 1.48. The fourth-order valence-corrected chi connectivity index (χ4v) is 3.95. The molecule has 1 amide bonds. The summed E-state index contributed by atoms with van der Waals surface area (Å²) in [4.78, 5) is 12.9. The zero-order valence-electron chi connectivity index (χ0n) is 20.2. The fourth-order valence-electron chi connectivity index (χ4n) is 3.26. The summed E-state index contributed by atoms with van der Waals surface area (Å²) in [6, 6.07) is 15.2. The number of hydrogen-bond donors (Lipinski definition) is 1. The monoisotopic (exact) mass is 560 g/mol. The number of methoxy groups -OCH3 is 2. The molecule has 0 saturated heterocycles. The lowest BCUT2D eigenvalue weighted by Gasteiger charge is -2.14. The number of amides is 1. The first kappa shape index (κ1) is 28.0. The van der Waals surface area contributed by atoms with Gasteiger partial charge in [-0.25, -0.2) is 0 Å². The van der Waals surface area contributed by atoms with Crippen LogP contribution in [0, 0.1) is 11.3 Å². The van der Waals surface area contributed by atoms with E-state index < -0.39 is 5.91 Å². The van der Waals surface area contributed by atoms with E-state index in [0.29, 0.717) is 55.9 Å². The van der Waals surface area contributed by atoms with E-state index >= 15 is 0 Å². The Morgan fingerprint density at radius 3 is 2.32 bits per heavy atom. The highest BCUT2D eigenvalue weighted by atomic mass is 35.5. The van der Waals surface area contributed by atoms with Gasteiger partial charge in [0.1, 0.15) is 29.7 Å². The molecule has 3 aromatic rings. The molecule has 0 aliphatic rings. The average Bonchev–Trinajstić information content (AvgIpc) is 2.88. The highest BCUT2D eigenvalue weighted by Crippen LogP contribution is 2.36. The van der Waals surface area contributed by atoms with Crippen LogP contribution in [0.1, 0.15) is 18.1 Å². The smallest absolute Gasteiger partial charge is 0.266 e. The molecule has 37 heavy (non-hydrogen) atoms. The number of carbonyl (C=O) groups excluding carboxylic acids is 1. The van der Waals surface area contributed by atoms with Crippen LogP contribution in [-0.4, -0.2) is 26.7 Å². The maximum Gasteiger partial charge on any atom is 0.266 e. The number of benzene rings is 3. The summed E-state index contributed by atoms with van der Waals surface area (Å²) in [6.45, 7) is 2.42. The molecular weight excluding hydrogens is 539 g/mol. The molecule has 0 aliphatic carbocycles. The van der Waals surface area contributed by atoms with Gasteiger partial charge in [0, 0.05) is 27.7 Å². The second-order valence-corrected chi connectivity index (χ2v) is 8.73. The Morgan fingerprint density at radius 1 is 0.919 bits per heavy atom. The van der Waals surface area contributed by atoms with E-state index in [1.54, 1.807) is 36.4 Å². The Labute approximate surface area is 230 Å². The van der Waals surface area contributed by atoms with Crippen molar-refractivity contribution in [2.24, 2.45) is 0 Å². The van der Waals surface area contributed by atoms with Crippen LogP contribution in [0.3, 0.4) is 0 Å². The molecule has 0 spiro atoms. The number of nitrogens with one attached hydrogen (secondary N) is 1. The lowest BCUT2D eigenvalue weighted by Crippen LogP contribution is -2.14. The van der Waals surface area contributed by atoms with E-state index in [2.05, 4.69) is 5.32 Å². The van der Waals surface area contributed by atoms with Crippen LogP contribution in [0.5, 0.6) is 23.0 Å². The van der Waals surface area contributed by atoms with Gasteiger partial charge in [0.15, 0.2) is 11.5 Å². The van der Waals surface area contributed by atoms with Crippen molar-refractivity contribution >= 4 is 52.5 Å². The van der Waals surface area contributed by atoms with Crippen molar-refractivity contribution < 1.29 is 23.7 Å². The predicted molar refractivity (Wildman–Crippen MR) is 145 cm³/mol. The second kappa shape index (κ2) is 13.1. The molecule has 7 nitrogen and oxygen atoms in total. The molecule has 1 N–H and O–H groups in total. The Morgan fingerprint density at radius 2 is 1.68 bits per heavy atom. The minimum Gasteiger partial charge on any atom is -0.495 e. The first-order chi connectivity index (χ1) is 17.8. The Balaban J connectivity index is 1.83. The third kappa shape index (κ3) is 7.23. The molecule has 10 heteroatoms. The van der Waals surface area contributed by atoms with Gasteiger partial charge in [0.2, 0.25) is 0 Å². The Kier molecular flexibility index (Phi) is 9.93. The van der Waals surface area contributed by atoms with Crippen molar-refractivity contribution in [3.05, 3.63) is 80.3 Å². The van der Waals surface area contributed by atoms with Crippen molar-refractivity contribution in [3.8, 4) is 29.1 Å². The Bertz CT molecular complexity index is 1370. The van der Waals surface area contributed by atoms with Crippen LogP contribution < -0.4 is 24.3 Å². The standard InChI is InChI=1S/C27H23Cl3N2O5/c1-4-36-26-10-16(5-8-23(26)37-15-17-6-7-19(28)11-20(17)29)9-18(14-31)27(33)32-22-13-24(34-2)21(30)12-25(22)35-3/h5-13H,4,15H2,1-3H3,(H,32,33)/b18-9+. The minimum absolute atomic E-state index is 0.139. The molecule has 3 rings (SSSR count). The molecule has 0 fully saturated rings. The minimum atomic E-state index is -0.638. The summed E-state index contributed by atoms with van der Waals surface area (Å²) in [5, 5.41) is 13.7. The molecule has 0 heterocycles. The summed E-state index contributed by atoms with van der Waals surface area (Å²) >= 11 is 18.3. The third-order valence-electron chi connectivity index (χ3n) is 5.06. The van der Waals surface area contributed by atoms with Gasteiger partial charge >= 0.3 is 0 Å². The molecule has 0 radical (unpaired) electrons. The van der Waals surface area contributed by atoms with Crippen LogP contribution >= 0.6 is 34.8 Å². The maximum absolute atomic E-state index is 12.9. The average molecular weight is 562 g/mol. The maximum atomic E-state index is 12.9.